The molecule has 0 radical (unpaired) electrons. The summed E-state index contributed by atoms with van der Waals surface area (Å²) in [4.78, 5) is 17.9. The molecule has 12 heteroatoms. The van der Waals surface area contributed by atoms with E-state index in [1.165, 1.54) is 17.0 Å². The number of anilines is 2. The van der Waals surface area contributed by atoms with Crippen LogP contribution >= 0.6 is 11.6 Å². The molecule has 10 nitrogen and oxygen atoms in total. The van der Waals surface area contributed by atoms with Gasteiger partial charge in [0.15, 0.2) is 12.4 Å². The topological polar surface area (TPSA) is 124 Å². The number of halogens is 1. The van der Waals surface area contributed by atoms with Crippen LogP contribution in [0.1, 0.15) is 25.6 Å². The number of hydrogen-bond acceptors (Lipinski definition) is 8. The molecule has 1 aliphatic rings. The van der Waals surface area contributed by atoms with E-state index >= 15 is 0 Å². The molecule has 4 rings (SSSR count). The van der Waals surface area contributed by atoms with Crippen molar-refractivity contribution in [2.24, 2.45) is 0 Å². The Morgan fingerprint density at radius 3 is 2.76 bits per heavy atom. The molecule has 1 amide bonds. The molecule has 1 aromatic heterocycles. The summed E-state index contributed by atoms with van der Waals surface area (Å²) in [5.41, 5.74) is 0.586. The average Bonchev–Trinajstić information content (AvgIpc) is 3.24. The molecule has 1 N–H and O–H groups in total. The van der Waals surface area contributed by atoms with Gasteiger partial charge in [-0.2, -0.15) is 4.98 Å². The van der Waals surface area contributed by atoms with Gasteiger partial charge in [-0.3, -0.25) is 14.4 Å². The molecular formula is C21H21ClN4O6S. The fourth-order valence-corrected chi connectivity index (χ4v) is 4.86. The Kier molecular flexibility index (Phi) is 6.43. The normalized spacial score (nSPS) is 13.4. The van der Waals surface area contributed by atoms with E-state index in [-0.39, 0.29) is 40.4 Å². The molecule has 1 aliphatic heterocycles. The lowest BCUT2D eigenvalue weighted by molar-refractivity contribution is -0.121. The number of nitrogens with one attached hydrogen (secondary N) is 1. The Hall–Kier alpha value is -3.31. The number of sulfonamides is 1. The second kappa shape index (κ2) is 9.28. The molecule has 0 bridgehead atoms. The number of fused-ring (bicyclic) bond motifs is 1. The van der Waals surface area contributed by atoms with Crippen molar-refractivity contribution in [3.8, 4) is 11.5 Å². The van der Waals surface area contributed by atoms with Crippen LogP contribution in [0.5, 0.6) is 11.5 Å². The van der Waals surface area contributed by atoms with Gasteiger partial charge in [0.1, 0.15) is 16.4 Å². The summed E-state index contributed by atoms with van der Waals surface area (Å²) in [6, 6.07) is 9.32. The molecule has 0 atom stereocenters. The summed E-state index contributed by atoms with van der Waals surface area (Å²) in [5, 5.41) is 3.78. The van der Waals surface area contributed by atoms with Gasteiger partial charge >= 0.3 is 0 Å². The fourth-order valence-electron chi connectivity index (χ4n) is 3.25. The number of hydrogen-bond donors (Lipinski definition) is 1. The second-order valence-corrected chi connectivity index (χ2v) is 9.07. The van der Waals surface area contributed by atoms with E-state index in [9.17, 15) is 13.2 Å². The third kappa shape index (κ3) is 4.74. The zero-order valence-corrected chi connectivity index (χ0v) is 19.4. The highest BCUT2D eigenvalue weighted by Gasteiger charge is 2.31. The number of carbonyl (C=O) groups is 1. The zero-order chi connectivity index (χ0) is 23.6. The largest absolute Gasteiger partial charge is 0.492 e. The first-order valence-corrected chi connectivity index (χ1v) is 12.0. The summed E-state index contributed by atoms with van der Waals surface area (Å²) in [6.07, 6.45) is 0.563. The fraction of sp³-hybridized carbons (Fsp3) is 0.286. The number of aryl methyl sites for hydroxylation is 1. The van der Waals surface area contributed by atoms with Crippen molar-refractivity contribution in [2.75, 3.05) is 22.8 Å². The third-order valence-corrected chi connectivity index (χ3v) is 6.62. The molecular weight excluding hydrogens is 472 g/mol. The Morgan fingerprint density at radius 2 is 2.03 bits per heavy atom. The van der Waals surface area contributed by atoms with E-state index in [0.717, 1.165) is 0 Å². The van der Waals surface area contributed by atoms with E-state index in [4.69, 9.17) is 25.6 Å². The van der Waals surface area contributed by atoms with Gasteiger partial charge in [0.25, 0.3) is 15.9 Å². The maximum absolute atomic E-state index is 13.1. The van der Waals surface area contributed by atoms with Crippen LogP contribution in [0, 0.1) is 0 Å². The molecule has 0 unspecified atom stereocenters. The molecule has 0 fully saturated rings. The highest BCUT2D eigenvalue weighted by Crippen LogP contribution is 2.40. The highest BCUT2D eigenvalue weighted by atomic mass is 35.5. The maximum Gasteiger partial charge on any atom is 0.265 e. The summed E-state index contributed by atoms with van der Waals surface area (Å²) in [6.45, 7) is 3.80. The first kappa shape index (κ1) is 22.9. The van der Waals surface area contributed by atoms with E-state index in [1.54, 1.807) is 31.2 Å². The molecule has 2 heterocycles. The average molecular weight is 493 g/mol. The van der Waals surface area contributed by atoms with Gasteiger partial charge in [0, 0.05) is 12.5 Å². The number of para-hydroxylation sites is 2. The van der Waals surface area contributed by atoms with Crippen LogP contribution in [0.15, 0.2) is 45.8 Å². The molecule has 0 spiro atoms. The van der Waals surface area contributed by atoms with Crippen LogP contribution < -0.4 is 19.1 Å². The number of carbonyl (C=O) groups excluding carboxylic acids is 1. The van der Waals surface area contributed by atoms with Crippen molar-refractivity contribution in [2.45, 2.75) is 31.7 Å². The molecule has 3 aromatic rings. The molecule has 33 heavy (non-hydrogen) atoms. The van der Waals surface area contributed by atoms with Gasteiger partial charge in [-0.25, -0.2) is 8.42 Å². The zero-order valence-electron chi connectivity index (χ0n) is 17.9. The lowest BCUT2D eigenvalue weighted by Gasteiger charge is -2.29. The summed E-state index contributed by atoms with van der Waals surface area (Å²) >= 11 is 6.36. The number of amides is 1. The monoisotopic (exact) mass is 492 g/mol. The van der Waals surface area contributed by atoms with Crippen molar-refractivity contribution in [1.82, 2.24) is 10.1 Å². The van der Waals surface area contributed by atoms with Gasteiger partial charge in [0.2, 0.25) is 5.89 Å². The Balaban J connectivity index is 1.66. The van der Waals surface area contributed by atoms with E-state index in [0.29, 0.717) is 36.2 Å². The number of aromatic nitrogens is 2. The van der Waals surface area contributed by atoms with Gasteiger partial charge < -0.3 is 14.0 Å². The molecule has 2 aromatic carbocycles. The van der Waals surface area contributed by atoms with E-state index < -0.39 is 10.0 Å². The number of benzene rings is 2. The minimum absolute atomic E-state index is 0.0289. The smallest absolute Gasteiger partial charge is 0.265 e. The first-order chi connectivity index (χ1) is 15.8. The van der Waals surface area contributed by atoms with Crippen LogP contribution in [0.2, 0.25) is 5.02 Å². The lowest BCUT2D eigenvalue weighted by Crippen LogP contribution is -2.38. The molecule has 174 valence electrons. The Labute approximate surface area is 195 Å². The number of ether oxygens (including phenoxy) is 2. The van der Waals surface area contributed by atoms with Crippen molar-refractivity contribution < 1.29 is 27.2 Å². The molecule has 0 aliphatic carbocycles. The van der Waals surface area contributed by atoms with Crippen LogP contribution in [-0.4, -0.2) is 37.7 Å². The Bertz CT molecular complexity index is 1290. The van der Waals surface area contributed by atoms with Crippen LogP contribution in [0.3, 0.4) is 0 Å². The van der Waals surface area contributed by atoms with Crippen molar-refractivity contribution >= 4 is 38.9 Å². The van der Waals surface area contributed by atoms with Gasteiger partial charge in [-0.1, -0.05) is 35.8 Å². The van der Waals surface area contributed by atoms with Crippen molar-refractivity contribution in [3.05, 3.63) is 53.1 Å². The molecule has 0 saturated carbocycles. The highest BCUT2D eigenvalue weighted by molar-refractivity contribution is 7.92. The minimum atomic E-state index is -4.09. The van der Waals surface area contributed by atoms with E-state index in [1.807, 2.05) is 6.92 Å². The van der Waals surface area contributed by atoms with Crippen LogP contribution in [0.4, 0.5) is 11.4 Å². The summed E-state index contributed by atoms with van der Waals surface area (Å²) in [5.74, 6) is 0.994. The summed E-state index contributed by atoms with van der Waals surface area (Å²) in [7, 11) is -4.09. The predicted molar refractivity (Wildman–Crippen MR) is 120 cm³/mol. The molecule has 0 saturated heterocycles. The third-order valence-electron chi connectivity index (χ3n) is 4.79. The number of nitrogens with zero attached hydrogens (tertiary/aromatic N) is 3. The standard InChI is InChI=1S/C21H21ClN4O6S/c1-3-20-23-19(24-32-20)11-26-15-9-13(22)18(10-17(15)31-12-21(26)27)33(28,29)25-14-7-5-6-8-16(14)30-4-2/h5-10,25H,3-4,11-12H2,1-2H3. The minimum Gasteiger partial charge on any atom is -0.492 e. The van der Waals surface area contributed by atoms with Gasteiger partial charge in [-0.05, 0) is 25.1 Å². The van der Waals surface area contributed by atoms with Gasteiger partial charge in [0.05, 0.1) is 29.5 Å². The SMILES string of the molecule is CCOc1ccccc1NS(=O)(=O)c1cc2c(cc1Cl)N(Cc1noc(CC)n1)C(=O)CO2. The lowest BCUT2D eigenvalue weighted by atomic mass is 10.2. The van der Waals surface area contributed by atoms with Crippen molar-refractivity contribution in [1.29, 1.82) is 0 Å². The number of rotatable bonds is 8. The first-order valence-electron chi connectivity index (χ1n) is 10.1. The van der Waals surface area contributed by atoms with Crippen molar-refractivity contribution in [3.63, 3.8) is 0 Å². The Morgan fingerprint density at radius 1 is 1.24 bits per heavy atom. The predicted octanol–water partition coefficient (Wildman–Crippen LogP) is 3.41. The van der Waals surface area contributed by atoms with Crippen LogP contribution in [0.25, 0.3) is 0 Å². The summed E-state index contributed by atoms with van der Waals surface area (Å²) < 4.78 is 44.8. The van der Waals surface area contributed by atoms with E-state index in [2.05, 4.69) is 14.9 Å². The van der Waals surface area contributed by atoms with Gasteiger partial charge in [-0.15, -0.1) is 0 Å². The maximum atomic E-state index is 13.1. The quantitative estimate of drug-likeness (QED) is 0.507. The second-order valence-electron chi connectivity index (χ2n) is 7.01. The van der Waals surface area contributed by atoms with Crippen LogP contribution in [-0.2, 0) is 27.8 Å².